The Morgan fingerprint density at radius 3 is 2.95 bits per heavy atom. The third-order valence-electron chi connectivity index (χ3n) is 3.39. The molecule has 1 saturated heterocycles. The second kappa shape index (κ2) is 6.79. The van der Waals surface area contributed by atoms with Crippen molar-refractivity contribution in [3.8, 4) is 0 Å². The number of halogens is 1. The van der Waals surface area contributed by atoms with E-state index in [0.29, 0.717) is 17.5 Å². The molecule has 0 radical (unpaired) electrons. The lowest BCUT2D eigenvalue weighted by Crippen LogP contribution is -2.16. The first-order valence-corrected chi connectivity index (χ1v) is 8.08. The Hall–Kier alpha value is -1.08. The minimum atomic E-state index is 0.0942. The van der Waals surface area contributed by atoms with Crippen LogP contribution in [0.2, 0.25) is 5.02 Å². The lowest BCUT2D eigenvalue weighted by atomic mass is 10.2. The Morgan fingerprint density at radius 2 is 2.24 bits per heavy atom. The highest BCUT2D eigenvalue weighted by Crippen LogP contribution is 2.26. The Kier molecular flexibility index (Phi) is 4.80. The van der Waals surface area contributed by atoms with Crippen molar-refractivity contribution in [2.24, 2.45) is 0 Å². The fourth-order valence-electron chi connectivity index (χ4n) is 2.22. The van der Waals surface area contributed by atoms with E-state index in [1.54, 1.807) is 18.9 Å². The van der Waals surface area contributed by atoms with E-state index in [-0.39, 0.29) is 12.1 Å². The van der Waals surface area contributed by atoms with Gasteiger partial charge >= 0.3 is 0 Å². The molecule has 0 aliphatic carbocycles. The summed E-state index contributed by atoms with van der Waals surface area (Å²) in [7, 11) is 1.72. The second-order valence-corrected chi connectivity index (χ2v) is 6.33. The number of methoxy groups -OCH3 is 1. The molecule has 2 unspecified atom stereocenters. The number of benzene rings is 1. The third-order valence-corrected chi connectivity index (χ3v) is 4.65. The molecule has 1 aromatic heterocycles. The molecule has 1 aliphatic rings. The Morgan fingerprint density at radius 1 is 1.43 bits per heavy atom. The first-order chi connectivity index (χ1) is 10.2. The summed E-state index contributed by atoms with van der Waals surface area (Å²) in [6.07, 6.45) is 1.08. The molecule has 1 aliphatic heterocycles. The van der Waals surface area contributed by atoms with Crippen molar-refractivity contribution in [1.29, 1.82) is 0 Å². The number of aromatic nitrogens is 2. The zero-order valence-corrected chi connectivity index (χ0v) is 13.2. The third kappa shape index (κ3) is 3.77. The zero-order valence-electron chi connectivity index (χ0n) is 11.6. The molecule has 2 aromatic rings. The number of hydrogen-bond donors (Lipinski definition) is 1. The van der Waals surface area contributed by atoms with Crippen molar-refractivity contribution in [2.45, 2.75) is 29.2 Å². The molecule has 7 heteroatoms. The van der Waals surface area contributed by atoms with Gasteiger partial charge in [0.2, 0.25) is 5.89 Å². The summed E-state index contributed by atoms with van der Waals surface area (Å²) in [5.41, 5.74) is 0. The highest BCUT2D eigenvalue weighted by atomic mass is 35.5. The van der Waals surface area contributed by atoms with Gasteiger partial charge in [0, 0.05) is 23.6 Å². The van der Waals surface area contributed by atoms with Gasteiger partial charge < -0.3 is 14.6 Å². The van der Waals surface area contributed by atoms with Crippen molar-refractivity contribution in [3.63, 3.8) is 0 Å². The van der Waals surface area contributed by atoms with Crippen LogP contribution in [-0.4, -0.2) is 29.9 Å². The maximum atomic E-state index is 5.86. The molecule has 2 heterocycles. The van der Waals surface area contributed by atoms with Gasteiger partial charge in [-0.05, 0) is 30.7 Å². The SMILES string of the molecule is COC1CNC(c2nc(CSc3ccc(Cl)cc3)no2)C1. The maximum Gasteiger partial charge on any atom is 0.243 e. The van der Waals surface area contributed by atoms with Crippen molar-refractivity contribution >= 4 is 23.4 Å². The van der Waals surface area contributed by atoms with Gasteiger partial charge in [0.1, 0.15) is 0 Å². The van der Waals surface area contributed by atoms with Crippen LogP contribution in [0.5, 0.6) is 0 Å². The quantitative estimate of drug-likeness (QED) is 0.853. The summed E-state index contributed by atoms with van der Waals surface area (Å²) in [5.74, 6) is 2.01. The number of thioether (sulfide) groups is 1. The smallest absolute Gasteiger partial charge is 0.243 e. The predicted molar refractivity (Wildman–Crippen MR) is 81.5 cm³/mol. The number of hydrogen-bond acceptors (Lipinski definition) is 6. The van der Waals surface area contributed by atoms with Gasteiger partial charge in [-0.15, -0.1) is 11.8 Å². The van der Waals surface area contributed by atoms with E-state index in [1.165, 1.54) is 0 Å². The predicted octanol–water partition coefficient (Wildman–Crippen LogP) is 3.06. The van der Waals surface area contributed by atoms with Crippen molar-refractivity contribution < 1.29 is 9.26 Å². The molecule has 1 N–H and O–H groups in total. The molecule has 0 spiro atoms. The highest BCUT2D eigenvalue weighted by molar-refractivity contribution is 7.98. The average Bonchev–Trinajstić information content (AvgIpc) is 3.15. The number of nitrogens with one attached hydrogen (secondary N) is 1. The minimum absolute atomic E-state index is 0.0942. The number of rotatable bonds is 5. The topological polar surface area (TPSA) is 60.2 Å². The molecule has 3 rings (SSSR count). The number of nitrogens with zero attached hydrogens (tertiary/aromatic N) is 2. The second-order valence-electron chi connectivity index (χ2n) is 4.85. The van der Waals surface area contributed by atoms with Crippen LogP contribution >= 0.6 is 23.4 Å². The van der Waals surface area contributed by atoms with E-state index in [2.05, 4.69) is 15.5 Å². The Balaban J connectivity index is 1.57. The van der Waals surface area contributed by atoms with E-state index in [4.69, 9.17) is 20.9 Å². The van der Waals surface area contributed by atoms with Gasteiger partial charge in [0.25, 0.3) is 0 Å². The largest absolute Gasteiger partial charge is 0.380 e. The van der Waals surface area contributed by atoms with Gasteiger partial charge in [-0.1, -0.05) is 16.8 Å². The van der Waals surface area contributed by atoms with Gasteiger partial charge in [0.05, 0.1) is 17.9 Å². The zero-order chi connectivity index (χ0) is 14.7. The van der Waals surface area contributed by atoms with Crippen molar-refractivity contribution in [3.05, 3.63) is 41.0 Å². The first kappa shape index (κ1) is 14.8. The Bertz CT molecular complexity index is 590. The molecule has 0 amide bonds. The van der Waals surface area contributed by atoms with Crippen molar-refractivity contribution in [2.75, 3.05) is 13.7 Å². The molecule has 0 bridgehead atoms. The Labute approximate surface area is 132 Å². The molecule has 21 heavy (non-hydrogen) atoms. The van der Waals surface area contributed by atoms with Crippen LogP contribution in [0.3, 0.4) is 0 Å². The summed E-state index contributed by atoms with van der Waals surface area (Å²) < 4.78 is 10.7. The van der Waals surface area contributed by atoms with Crippen LogP contribution < -0.4 is 5.32 Å². The lowest BCUT2D eigenvalue weighted by molar-refractivity contribution is 0.116. The average molecular weight is 326 g/mol. The fourth-order valence-corrected chi connectivity index (χ4v) is 3.08. The normalized spacial score (nSPS) is 21.8. The fraction of sp³-hybridized carbons (Fsp3) is 0.429. The van der Waals surface area contributed by atoms with Crippen molar-refractivity contribution in [1.82, 2.24) is 15.5 Å². The molecule has 1 fully saturated rings. The van der Waals surface area contributed by atoms with Crippen LogP contribution in [0.4, 0.5) is 0 Å². The van der Waals surface area contributed by atoms with Crippen LogP contribution in [0, 0.1) is 0 Å². The van der Waals surface area contributed by atoms with E-state index < -0.39 is 0 Å². The van der Waals surface area contributed by atoms with E-state index in [9.17, 15) is 0 Å². The standard InChI is InChI=1S/C14H16ClN3O2S/c1-19-10-6-12(16-7-10)14-17-13(18-20-14)8-21-11-4-2-9(15)3-5-11/h2-5,10,12,16H,6-8H2,1H3. The van der Waals surface area contributed by atoms with Crippen LogP contribution in [-0.2, 0) is 10.5 Å². The highest BCUT2D eigenvalue weighted by Gasteiger charge is 2.29. The summed E-state index contributed by atoms with van der Waals surface area (Å²) >= 11 is 7.52. The number of ether oxygens (including phenoxy) is 1. The molecule has 2 atom stereocenters. The molecule has 1 aromatic carbocycles. The molecular weight excluding hydrogens is 310 g/mol. The summed E-state index contributed by atoms with van der Waals surface area (Å²) in [5, 5.41) is 8.09. The lowest BCUT2D eigenvalue weighted by Gasteiger charge is -2.04. The first-order valence-electron chi connectivity index (χ1n) is 6.71. The van der Waals surface area contributed by atoms with E-state index in [0.717, 1.165) is 22.9 Å². The van der Waals surface area contributed by atoms with Crippen LogP contribution in [0.1, 0.15) is 24.2 Å². The minimum Gasteiger partial charge on any atom is -0.380 e. The van der Waals surface area contributed by atoms with Gasteiger partial charge in [0.15, 0.2) is 5.82 Å². The monoisotopic (exact) mass is 325 g/mol. The molecule has 0 saturated carbocycles. The van der Waals surface area contributed by atoms with Gasteiger partial charge in [-0.2, -0.15) is 4.98 Å². The maximum absolute atomic E-state index is 5.86. The molecule has 112 valence electrons. The van der Waals surface area contributed by atoms with Crippen LogP contribution in [0.25, 0.3) is 0 Å². The van der Waals surface area contributed by atoms with E-state index in [1.807, 2.05) is 24.3 Å². The summed E-state index contributed by atoms with van der Waals surface area (Å²) in [6.45, 7) is 0.818. The van der Waals surface area contributed by atoms with E-state index >= 15 is 0 Å². The summed E-state index contributed by atoms with van der Waals surface area (Å²) in [6, 6.07) is 7.81. The molecule has 5 nitrogen and oxygen atoms in total. The van der Waals surface area contributed by atoms with Gasteiger partial charge in [-0.3, -0.25) is 0 Å². The van der Waals surface area contributed by atoms with Crippen LogP contribution in [0.15, 0.2) is 33.7 Å². The summed E-state index contributed by atoms with van der Waals surface area (Å²) in [4.78, 5) is 5.58. The molecular formula is C14H16ClN3O2S. The van der Waals surface area contributed by atoms with Gasteiger partial charge in [-0.25, -0.2) is 0 Å².